The molecule has 10 heteroatoms. The number of likely N-dealkylation sites (tertiary alicyclic amines) is 2. The topological polar surface area (TPSA) is 128 Å². The number of hydrogen-bond acceptors (Lipinski definition) is 6. The molecule has 0 aromatic heterocycles. The number of hydrogen-bond donors (Lipinski definition) is 3. The van der Waals surface area contributed by atoms with Crippen LogP contribution < -0.4 is 11.1 Å². The largest absolute Gasteiger partial charge is 0.392 e. The summed E-state index contributed by atoms with van der Waals surface area (Å²) in [5, 5.41) is 12.4. The highest BCUT2D eigenvalue weighted by molar-refractivity contribution is 5.94. The number of benzene rings is 1. The van der Waals surface area contributed by atoms with Crippen molar-refractivity contribution >= 4 is 17.8 Å². The van der Waals surface area contributed by atoms with Crippen molar-refractivity contribution < 1.29 is 24.2 Å². The lowest BCUT2D eigenvalue weighted by molar-refractivity contribution is -0.135. The fourth-order valence-electron chi connectivity index (χ4n) is 4.71. The first kappa shape index (κ1) is 21.5. The van der Waals surface area contributed by atoms with Crippen LogP contribution in [0.25, 0.3) is 0 Å². The van der Waals surface area contributed by atoms with Crippen LogP contribution in [0, 0.1) is 0 Å². The van der Waals surface area contributed by atoms with Crippen LogP contribution in [0.5, 0.6) is 0 Å². The van der Waals surface area contributed by atoms with Gasteiger partial charge in [-0.1, -0.05) is 12.1 Å². The number of aliphatic hydroxyl groups is 1. The summed E-state index contributed by atoms with van der Waals surface area (Å²) >= 11 is 0. The maximum absolute atomic E-state index is 13.2. The molecule has 1 aromatic carbocycles. The number of amides is 4. The lowest BCUT2D eigenvalue weighted by Gasteiger charge is -2.36. The zero-order valence-corrected chi connectivity index (χ0v) is 17.6. The summed E-state index contributed by atoms with van der Waals surface area (Å²) < 4.78 is 5.88. The van der Waals surface area contributed by atoms with E-state index in [4.69, 9.17) is 10.5 Å². The van der Waals surface area contributed by atoms with Crippen LogP contribution in [0.4, 0.5) is 4.79 Å². The number of nitrogens with zero attached hydrogens (tertiary/aromatic N) is 3. The Labute approximate surface area is 180 Å². The van der Waals surface area contributed by atoms with Gasteiger partial charge in [0.25, 0.3) is 5.91 Å². The Morgan fingerprint density at radius 3 is 2.58 bits per heavy atom. The summed E-state index contributed by atoms with van der Waals surface area (Å²) in [4.78, 5) is 42.5. The Morgan fingerprint density at radius 2 is 1.94 bits per heavy atom. The normalized spacial score (nSPS) is 28.5. The van der Waals surface area contributed by atoms with Gasteiger partial charge in [-0.25, -0.2) is 4.79 Å². The summed E-state index contributed by atoms with van der Waals surface area (Å²) in [6.07, 6.45) is -0.265. The van der Waals surface area contributed by atoms with Crippen LogP contribution in [0.15, 0.2) is 24.3 Å². The standard InChI is InChI=1S/C21H29N5O5/c1-24-10-15(27)8-16(24)20(29)25-11-17-18(12-25)31-7-6-26(17)19(28)14-4-2-13(3-5-14)9-23-21(22)30/h2-5,15-18,27H,6-12H2,1H3,(H3,22,23,30)/t15-,16-,17+,18-/m0/s1. The number of rotatable bonds is 4. The van der Waals surface area contributed by atoms with Gasteiger partial charge in [0, 0.05) is 38.3 Å². The number of ether oxygens (including phenoxy) is 1. The Hall–Kier alpha value is -2.69. The van der Waals surface area contributed by atoms with Gasteiger partial charge in [-0.3, -0.25) is 14.5 Å². The van der Waals surface area contributed by atoms with Crippen LogP contribution in [0.1, 0.15) is 22.3 Å². The molecule has 3 aliphatic heterocycles. The van der Waals surface area contributed by atoms with Crippen molar-refractivity contribution in [1.82, 2.24) is 20.0 Å². The van der Waals surface area contributed by atoms with Gasteiger partial charge in [0.1, 0.15) is 0 Å². The van der Waals surface area contributed by atoms with E-state index in [1.165, 1.54) is 0 Å². The number of carbonyl (C=O) groups is 3. The Kier molecular flexibility index (Phi) is 6.12. The predicted octanol–water partition coefficient (Wildman–Crippen LogP) is -1.03. The summed E-state index contributed by atoms with van der Waals surface area (Å²) in [6.45, 7) is 2.56. The minimum Gasteiger partial charge on any atom is -0.392 e. The molecule has 0 saturated carbocycles. The van der Waals surface area contributed by atoms with Crippen molar-refractivity contribution in [2.24, 2.45) is 5.73 Å². The van der Waals surface area contributed by atoms with E-state index < -0.39 is 12.1 Å². The van der Waals surface area contributed by atoms with Gasteiger partial charge >= 0.3 is 6.03 Å². The molecule has 0 spiro atoms. The van der Waals surface area contributed by atoms with Gasteiger partial charge < -0.3 is 30.7 Å². The predicted molar refractivity (Wildman–Crippen MR) is 111 cm³/mol. The van der Waals surface area contributed by atoms with E-state index in [1.807, 2.05) is 11.9 Å². The molecule has 31 heavy (non-hydrogen) atoms. The lowest BCUT2D eigenvalue weighted by Crippen LogP contribution is -2.53. The zero-order chi connectivity index (χ0) is 22.1. The highest BCUT2D eigenvalue weighted by Gasteiger charge is 2.46. The third kappa shape index (κ3) is 4.51. The first-order valence-electron chi connectivity index (χ1n) is 10.6. The second kappa shape index (κ2) is 8.81. The number of fused-ring (bicyclic) bond motifs is 1. The monoisotopic (exact) mass is 431 g/mol. The molecule has 4 rings (SSSR count). The molecule has 0 radical (unpaired) electrons. The van der Waals surface area contributed by atoms with Crippen molar-refractivity contribution in [1.29, 1.82) is 0 Å². The number of aliphatic hydroxyl groups excluding tert-OH is 1. The third-order valence-corrected chi connectivity index (χ3v) is 6.35. The van der Waals surface area contributed by atoms with Crippen LogP contribution >= 0.6 is 0 Å². The molecular formula is C21H29N5O5. The third-order valence-electron chi connectivity index (χ3n) is 6.35. The average Bonchev–Trinajstić information content (AvgIpc) is 3.34. The molecule has 1 aromatic rings. The molecule has 10 nitrogen and oxygen atoms in total. The van der Waals surface area contributed by atoms with Crippen molar-refractivity contribution in [2.75, 3.05) is 39.8 Å². The van der Waals surface area contributed by atoms with E-state index >= 15 is 0 Å². The molecule has 168 valence electrons. The SMILES string of the molecule is CN1C[C@@H](O)C[C@H]1C(=O)N1C[C@@H]2OCCN(C(=O)c3ccc(CNC(N)=O)cc3)[C@@H]2C1. The van der Waals surface area contributed by atoms with E-state index in [0.29, 0.717) is 51.3 Å². The number of likely N-dealkylation sites (N-methyl/N-ethyl adjacent to an activating group) is 1. The Bertz CT molecular complexity index is 847. The van der Waals surface area contributed by atoms with Crippen LogP contribution in [-0.2, 0) is 16.1 Å². The highest BCUT2D eigenvalue weighted by Crippen LogP contribution is 2.27. The van der Waals surface area contributed by atoms with Gasteiger partial charge in [0.2, 0.25) is 5.91 Å². The van der Waals surface area contributed by atoms with Gasteiger partial charge in [-0.15, -0.1) is 0 Å². The van der Waals surface area contributed by atoms with Crippen molar-refractivity contribution in [3.63, 3.8) is 0 Å². The molecule has 0 bridgehead atoms. The quantitative estimate of drug-likeness (QED) is 0.559. The molecule has 4 N–H and O–H groups in total. The molecule has 4 amide bonds. The number of nitrogens with one attached hydrogen (secondary N) is 1. The Balaban J connectivity index is 1.42. The van der Waals surface area contributed by atoms with Gasteiger partial charge in [0.05, 0.1) is 30.9 Å². The minimum atomic E-state index is -0.599. The maximum atomic E-state index is 13.2. The molecular weight excluding hydrogens is 402 g/mol. The van der Waals surface area contributed by atoms with Crippen LogP contribution in [0.2, 0.25) is 0 Å². The summed E-state index contributed by atoms with van der Waals surface area (Å²) in [7, 11) is 1.84. The molecule has 0 unspecified atom stereocenters. The average molecular weight is 431 g/mol. The molecule has 3 aliphatic rings. The summed E-state index contributed by atoms with van der Waals surface area (Å²) in [5.74, 6) is -0.119. The molecule has 3 saturated heterocycles. The number of nitrogens with two attached hydrogens (primary N) is 1. The highest BCUT2D eigenvalue weighted by atomic mass is 16.5. The smallest absolute Gasteiger partial charge is 0.312 e. The van der Waals surface area contributed by atoms with Gasteiger partial charge in [0.15, 0.2) is 0 Å². The van der Waals surface area contributed by atoms with Crippen molar-refractivity contribution in [2.45, 2.75) is 37.3 Å². The minimum absolute atomic E-state index is 0.0178. The van der Waals surface area contributed by atoms with E-state index in [9.17, 15) is 19.5 Å². The number of β-amino-alcohol motifs (C(OH)–C–C–N with tert-alkyl or cyclic N) is 1. The van der Waals surface area contributed by atoms with Crippen LogP contribution in [-0.4, -0.2) is 102 Å². The van der Waals surface area contributed by atoms with E-state index in [0.717, 1.165) is 5.56 Å². The van der Waals surface area contributed by atoms with Crippen molar-refractivity contribution in [3.8, 4) is 0 Å². The van der Waals surface area contributed by atoms with Crippen molar-refractivity contribution in [3.05, 3.63) is 35.4 Å². The molecule has 3 heterocycles. The molecule has 3 fully saturated rings. The van der Waals surface area contributed by atoms with E-state index in [-0.39, 0.29) is 30.0 Å². The number of primary amides is 1. The first-order chi connectivity index (χ1) is 14.8. The molecule has 0 aliphatic carbocycles. The second-order valence-corrected chi connectivity index (χ2v) is 8.48. The fraction of sp³-hybridized carbons (Fsp3) is 0.571. The second-order valence-electron chi connectivity index (χ2n) is 8.48. The fourth-order valence-corrected chi connectivity index (χ4v) is 4.71. The number of carbonyl (C=O) groups excluding carboxylic acids is 3. The zero-order valence-electron chi connectivity index (χ0n) is 17.6. The summed E-state index contributed by atoms with van der Waals surface area (Å²) in [5.41, 5.74) is 6.48. The number of urea groups is 1. The van der Waals surface area contributed by atoms with E-state index in [2.05, 4.69) is 5.32 Å². The van der Waals surface area contributed by atoms with E-state index in [1.54, 1.807) is 34.1 Å². The lowest BCUT2D eigenvalue weighted by atomic mass is 10.1. The summed E-state index contributed by atoms with van der Waals surface area (Å²) in [6, 6.07) is 5.91. The Morgan fingerprint density at radius 1 is 1.19 bits per heavy atom. The van der Waals surface area contributed by atoms with Crippen LogP contribution in [0.3, 0.4) is 0 Å². The maximum Gasteiger partial charge on any atom is 0.312 e. The molecule has 4 atom stereocenters. The van der Waals surface area contributed by atoms with Gasteiger partial charge in [-0.05, 0) is 31.2 Å². The first-order valence-corrected chi connectivity index (χ1v) is 10.6. The number of morpholine rings is 1. The van der Waals surface area contributed by atoms with Gasteiger partial charge in [-0.2, -0.15) is 0 Å².